The minimum atomic E-state index is -3.68. The van der Waals surface area contributed by atoms with Gasteiger partial charge in [-0.1, -0.05) is 25.4 Å². The van der Waals surface area contributed by atoms with Crippen molar-refractivity contribution < 1.29 is 22.2 Å². The van der Waals surface area contributed by atoms with Crippen LogP contribution in [0.25, 0.3) is 0 Å². The number of amides is 1. The molecule has 0 unspecified atom stereocenters. The zero-order chi connectivity index (χ0) is 20.1. The van der Waals surface area contributed by atoms with Gasteiger partial charge < -0.3 is 14.3 Å². The lowest BCUT2D eigenvalue weighted by Gasteiger charge is -2.24. The van der Waals surface area contributed by atoms with Crippen LogP contribution in [-0.2, 0) is 16.4 Å². The van der Waals surface area contributed by atoms with Gasteiger partial charge in [-0.05, 0) is 31.4 Å². The number of nitrogens with zero attached hydrogens (tertiary/aromatic N) is 3. The van der Waals surface area contributed by atoms with Gasteiger partial charge in [-0.2, -0.15) is 9.29 Å². The molecule has 3 rings (SSSR count). The van der Waals surface area contributed by atoms with Crippen LogP contribution in [-0.4, -0.2) is 48.4 Å². The van der Waals surface area contributed by atoms with Crippen molar-refractivity contribution in [3.8, 4) is 0 Å². The molecule has 2 aromatic rings. The Morgan fingerprint density at radius 2 is 2.00 bits per heavy atom. The van der Waals surface area contributed by atoms with E-state index >= 15 is 0 Å². The molecule has 0 atom stereocenters. The van der Waals surface area contributed by atoms with Gasteiger partial charge in [0, 0.05) is 32.0 Å². The van der Waals surface area contributed by atoms with Gasteiger partial charge in [-0.3, -0.25) is 4.79 Å². The molecule has 10 heteroatoms. The number of piperidine rings is 1. The quantitative estimate of drug-likeness (QED) is 0.663. The third kappa shape index (κ3) is 4.79. The van der Waals surface area contributed by atoms with E-state index in [0.717, 1.165) is 19.3 Å². The van der Waals surface area contributed by atoms with Gasteiger partial charge in [0.15, 0.2) is 11.6 Å². The second-order valence-electron chi connectivity index (χ2n) is 7.14. The first-order valence-corrected chi connectivity index (χ1v) is 11.0. The summed E-state index contributed by atoms with van der Waals surface area (Å²) in [6, 6.07) is 2.73. The highest BCUT2D eigenvalue weighted by molar-refractivity contribution is 7.89. The number of furan rings is 1. The molecule has 1 aliphatic heterocycles. The van der Waals surface area contributed by atoms with E-state index in [1.807, 2.05) is 13.8 Å². The molecule has 2 aromatic heterocycles. The zero-order valence-electron chi connectivity index (χ0n) is 16.2. The van der Waals surface area contributed by atoms with Crippen molar-refractivity contribution in [2.75, 3.05) is 19.6 Å². The number of carbonyl (C=O) groups excluding carboxylic acids is 1. The maximum absolute atomic E-state index is 12.6. The van der Waals surface area contributed by atoms with E-state index in [2.05, 4.69) is 15.5 Å². The Kier molecular flexibility index (Phi) is 6.50. The molecule has 154 valence electrons. The molecule has 0 aliphatic carbocycles. The summed E-state index contributed by atoms with van der Waals surface area (Å²) in [4.78, 5) is 16.5. The molecule has 1 saturated heterocycles. The molecule has 1 N–H and O–H groups in total. The van der Waals surface area contributed by atoms with Crippen LogP contribution in [0.4, 0.5) is 0 Å². The minimum absolute atomic E-state index is 0.0181. The molecule has 3 heterocycles. The molecular formula is C18H26N4O5S. The third-order valence-corrected chi connectivity index (χ3v) is 6.34. The first-order valence-electron chi connectivity index (χ1n) is 9.58. The monoisotopic (exact) mass is 410 g/mol. The molecule has 28 heavy (non-hydrogen) atoms. The van der Waals surface area contributed by atoms with E-state index < -0.39 is 15.9 Å². The molecule has 0 spiro atoms. The maximum atomic E-state index is 12.6. The lowest BCUT2D eigenvalue weighted by Crippen LogP contribution is -2.35. The Balaban J connectivity index is 1.49. The SMILES string of the molecule is CC(C)c1noc(CCCNC(=O)c2ccc(S(=O)(=O)N3CCCCC3)o2)n1. The van der Waals surface area contributed by atoms with Gasteiger partial charge in [0.05, 0.1) is 0 Å². The van der Waals surface area contributed by atoms with E-state index in [4.69, 9.17) is 8.94 Å². The molecule has 1 amide bonds. The summed E-state index contributed by atoms with van der Waals surface area (Å²) in [5.41, 5.74) is 0. The number of rotatable bonds is 8. The van der Waals surface area contributed by atoms with Crippen molar-refractivity contribution in [1.29, 1.82) is 0 Å². The number of hydrogen-bond acceptors (Lipinski definition) is 7. The molecular weight excluding hydrogens is 384 g/mol. The average molecular weight is 410 g/mol. The fraction of sp³-hybridized carbons (Fsp3) is 0.611. The third-order valence-electron chi connectivity index (χ3n) is 4.57. The fourth-order valence-corrected chi connectivity index (χ4v) is 4.37. The summed E-state index contributed by atoms with van der Waals surface area (Å²) in [7, 11) is -3.68. The zero-order valence-corrected chi connectivity index (χ0v) is 17.0. The van der Waals surface area contributed by atoms with Crippen molar-refractivity contribution in [3.05, 3.63) is 29.6 Å². The summed E-state index contributed by atoms with van der Waals surface area (Å²) in [5, 5.41) is 6.42. The smallest absolute Gasteiger partial charge is 0.287 e. The minimum Gasteiger partial charge on any atom is -0.438 e. The van der Waals surface area contributed by atoms with Crippen molar-refractivity contribution in [3.63, 3.8) is 0 Å². The van der Waals surface area contributed by atoms with E-state index in [0.29, 0.717) is 44.2 Å². The molecule has 9 nitrogen and oxygen atoms in total. The largest absolute Gasteiger partial charge is 0.438 e. The summed E-state index contributed by atoms with van der Waals surface area (Å²) >= 11 is 0. The van der Waals surface area contributed by atoms with Crippen LogP contribution >= 0.6 is 0 Å². The normalized spacial score (nSPS) is 15.8. The number of nitrogens with one attached hydrogen (secondary N) is 1. The van der Waals surface area contributed by atoms with E-state index in [9.17, 15) is 13.2 Å². The number of hydrogen-bond donors (Lipinski definition) is 1. The highest BCUT2D eigenvalue weighted by atomic mass is 32.2. The van der Waals surface area contributed by atoms with Gasteiger partial charge in [0.1, 0.15) is 0 Å². The highest BCUT2D eigenvalue weighted by Crippen LogP contribution is 2.22. The van der Waals surface area contributed by atoms with E-state index in [1.54, 1.807) is 0 Å². The predicted molar refractivity (Wildman–Crippen MR) is 100 cm³/mol. The topological polar surface area (TPSA) is 119 Å². The summed E-state index contributed by atoms with van der Waals surface area (Å²) in [6.07, 6.45) is 3.87. The first kappa shape index (κ1) is 20.5. The Labute approximate surface area is 164 Å². The summed E-state index contributed by atoms with van der Waals surface area (Å²) in [6.45, 7) is 5.32. The fourth-order valence-electron chi connectivity index (χ4n) is 2.95. The Morgan fingerprint density at radius 3 is 2.68 bits per heavy atom. The Hall–Kier alpha value is -2.20. The lowest BCUT2D eigenvalue weighted by atomic mass is 10.2. The van der Waals surface area contributed by atoms with Crippen LogP contribution in [0.1, 0.15) is 67.7 Å². The molecule has 1 fully saturated rings. The summed E-state index contributed by atoms with van der Waals surface area (Å²) in [5.74, 6) is 0.929. The lowest BCUT2D eigenvalue weighted by molar-refractivity contribution is 0.0919. The second-order valence-corrected chi connectivity index (χ2v) is 9.01. The van der Waals surface area contributed by atoms with Crippen molar-refractivity contribution >= 4 is 15.9 Å². The number of aromatic nitrogens is 2. The van der Waals surface area contributed by atoms with Crippen LogP contribution in [0.15, 0.2) is 26.2 Å². The Morgan fingerprint density at radius 1 is 1.25 bits per heavy atom. The molecule has 0 saturated carbocycles. The predicted octanol–water partition coefficient (Wildman–Crippen LogP) is 2.32. The van der Waals surface area contributed by atoms with Crippen molar-refractivity contribution in [1.82, 2.24) is 19.8 Å². The van der Waals surface area contributed by atoms with Crippen LogP contribution in [0, 0.1) is 0 Å². The standard InChI is InChI=1S/C18H26N4O5S/c1-13(2)17-20-15(27-21-17)7-6-10-19-18(23)14-8-9-16(26-14)28(24,25)22-11-4-3-5-12-22/h8-9,13H,3-7,10-12H2,1-2H3,(H,19,23). The van der Waals surface area contributed by atoms with Gasteiger partial charge in [0.2, 0.25) is 11.0 Å². The van der Waals surface area contributed by atoms with Gasteiger partial charge in [-0.25, -0.2) is 8.42 Å². The van der Waals surface area contributed by atoms with Crippen LogP contribution < -0.4 is 5.32 Å². The second kappa shape index (κ2) is 8.87. The van der Waals surface area contributed by atoms with Gasteiger partial charge >= 0.3 is 0 Å². The average Bonchev–Trinajstić information content (AvgIpc) is 3.36. The number of carbonyl (C=O) groups is 1. The molecule has 0 bridgehead atoms. The molecule has 0 radical (unpaired) electrons. The maximum Gasteiger partial charge on any atom is 0.287 e. The Bertz CT molecular complexity index is 897. The van der Waals surface area contributed by atoms with Crippen LogP contribution in [0.5, 0.6) is 0 Å². The summed E-state index contributed by atoms with van der Waals surface area (Å²) < 4.78 is 37.0. The number of sulfonamides is 1. The van der Waals surface area contributed by atoms with Crippen molar-refractivity contribution in [2.45, 2.75) is 57.0 Å². The molecule has 0 aromatic carbocycles. The van der Waals surface area contributed by atoms with Crippen molar-refractivity contribution in [2.24, 2.45) is 0 Å². The number of aryl methyl sites for hydroxylation is 1. The van der Waals surface area contributed by atoms with Crippen LogP contribution in [0.2, 0.25) is 0 Å². The van der Waals surface area contributed by atoms with Gasteiger partial charge in [0.25, 0.3) is 15.9 Å². The van der Waals surface area contributed by atoms with E-state index in [1.165, 1.54) is 16.4 Å². The van der Waals surface area contributed by atoms with Gasteiger partial charge in [-0.15, -0.1) is 0 Å². The molecule has 1 aliphatic rings. The first-order chi connectivity index (χ1) is 13.4. The van der Waals surface area contributed by atoms with Crippen LogP contribution in [0.3, 0.4) is 0 Å². The highest BCUT2D eigenvalue weighted by Gasteiger charge is 2.29. The van der Waals surface area contributed by atoms with E-state index in [-0.39, 0.29) is 16.8 Å².